The Morgan fingerprint density at radius 3 is 2.39 bits per heavy atom. The van der Waals surface area contributed by atoms with E-state index in [1.807, 2.05) is 0 Å². The van der Waals surface area contributed by atoms with Crippen LogP contribution in [0, 0.1) is 0 Å². The zero-order chi connectivity index (χ0) is 23.5. The van der Waals surface area contributed by atoms with E-state index in [4.69, 9.17) is 14.2 Å². The summed E-state index contributed by atoms with van der Waals surface area (Å²) in [4.78, 5) is 32.0. The number of methoxy groups -OCH3 is 3. The molecule has 1 amide bonds. The molecule has 1 aliphatic heterocycles. The van der Waals surface area contributed by atoms with Crippen LogP contribution >= 0.6 is 0 Å². The van der Waals surface area contributed by atoms with E-state index in [1.54, 1.807) is 60.7 Å². The fraction of sp³-hybridized carbons (Fsp3) is 0.160. The maximum Gasteiger partial charge on any atom is 0.301 e. The number of hydrogen-bond acceptors (Lipinski definition) is 7. The number of rotatable bonds is 6. The number of carbonyl (C=O) groups excluding carboxylic acids is 2. The first-order valence-corrected chi connectivity index (χ1v) is 10.1. The molecule has 0 unspecified atom stereocenters. The van der Waals surface area contributed by atoms with Gasteiger partial charge in [0.1, 0.15) is 23.4 Å². The second-order valence-electron chi connectivity index (χ2n) is 7.17. The third-order valence-corrected chi connectivity index (χ3v) is 5.41. The number of pyridine rings is 1. The van der Waals surface area contributed by atoms with Gasteiger partial charge in [0.15, 0.2) is 11.5 Å². The van der Waals surface area contributed by atoms with Crippen molar-refractivity contribution in [1.29, 1.82) is 0 Å². The Hall–Kier alpha value is -4.33. The molecule has 2 aromatic carbocycles. The molecule has 0 saturated carbocycles. The number of benzene rings is 2. The number of nitrogens with zero attached hydrogens (tertiary/aromatic N) is 2. The number of ketones is 1. The monoisotopic (exact) mass is 446 g/mol. The third-order valence-electron chi connectivity index (χ3n) is 5.41. The minimum atomic E-state index is -1.00. The van der Waals surface area contributed by atoms with Gasteiger partial charge >= 0.3 is 5.91 Å². The molecule has 0 aliphatic carbocycles. The lowest BCUT2D eigenvalue weighted by Crippen LogP contribution is -2.30. The molecule has 4 rings (SSSR count). The number of hydrogen-bond donors (Lipinski definition) is 1. The van der Waals surface area contributed by atoms with Crippen molar-refractivity contribution in [2.24, 2.45) is 0 Å². The molecule has 33 heavy (non-hydrogen) atoms. The molecule has 8 heteroatoms. The average molecular weight is 446 g/mol. The maximum atomic E-state index is 13.3. The molecular formula is C25H22N2O6. The molecular weight excluding hydrogens is 424 g/mol. The van der Waals surface area contributed by atoms with Crippen molar-refractivity contribution in [2.45, 2.75) is 6.04 Å². The van der Waals surface area contributed by atoms with Gasteiger partial charge < -0.3 is 19.3 Å². The quantitative estimate of drug-likeness (QED) is 0.350. The normalized spacial score (nSPS) is 17.2. The minimum absolute atomic E-state index is 0.0922. The molecule has 8 nitrogen and oxygen atoms in total. The minimum Gasteiger partial charge on any atom is -0.507 e. The maximum absolute atomic E-state index is 13.3. The van der Waals surface area contributed by atoms with Crippen molar-refractivity contribution in [3.8, 4) is 17.2 Å². The van der Waals surface area contributed by atoms with Crippen LogP contribution in [0.15, 0.2) is 72.4 Å². The van der Waals surface area contributed by atoms with Gasteiger partial charge in [-0.15, -0.1) is 0 Å². The summed E-state index contributed by atoms with van der Waals surface area (Å²) in [5, 5.41) is 11.2. The Morgan fingerprint density at radius 2 is 1.73 bits per heavy atom. The lowest BCUT2D eigenvalue weighted by Gasteiger charge is -2.26. The van der Waals surface area contributed by atoms with Gasteiger partial charge in [-0.2, -0.15) is 0 Å². The van der Waals surface area contributed by atoms with Crippen molar-refractivity contribution >= 4 is 23.3 Å². The van der Waals surface area contributed by atoms with Gasteiger partial charge in [0.25, 0.3) is 5.78 Å². The first-order chi connectivity index (χ1) is 16.0. The number of aromatic nitrogens is 1. The fourth-order valence-corrected chi connectivity index (χ4v) is 3.91. The molecule has 0 radical (unpaired) electrons. The highest BCUT2D eigenvalue weighted by atomic mass is 16.5. The van der Waals surface area contributed by atoms with Crippen LogP contribution < -0.4 is 19.1 Å². The van der Waals surface area contributed by atoms with E-state index in [0.717, 1.165) is 0 Å². The molecule has 1 aliphatic rings. The van der Waals surface area contributed by atoms with Gasteiger partial charge in [-0.05, 0) is 30.3 Å². The van der Waals surface area contributed by atoms with Crippen molar-refractivity contribution in [1.82, 2.24) is 4.98 Å². The van der Waals surface area contributed by atoms with Crippen LogP contribution in [-0.2, 0) is 9.59 Å². The lowest BCUT2D eigenvalue weighted by molar-refractivity contribution is -0.132. The molecule has 0 bridgehead atoms. The van der Waals surface area contributed by atoms with Gasteiger partial charge in [-0.25, -0.2) is 4.98 Å². The predicted molar refractivity (Wildman–Crippen MR) is 122 cm³/mol. The van der Waals surface area contributed by atoms with E-state index in [2.05, 4.69) is 4.98 Å². The summed E-state index contributed by atoms with van der Waals surface area (Å²) >= 11 is 0. The molecule has 1 atom stereocenters. The van der Waals surface area contributed by atoms with Crippen LogP contribution in [0.25, 0.3) is 5.76 Å². The largest absolute Gasteiger partial charge is 0.507 e. The van der Waals surface area contributed by atoms with Crippen LogP contribution in [0.4, 0.5) is 5.82 Å². The number of Topliss-reactive ketones (excluding diaryl/α,β-unsaturated/α-hetero) is 1. The Balaban J connectivity index is 2.01. The van der Waals surface area contributed by atoms with E-state index in [9.17, 15) is 14.7 Å². The summed E-state index contributed by atoms with van der Waals surface area (Å²) in [7, 11) is 4.46. The van der Waals surface area contributed by atoms with E-state index in [-0.39, 0.29) is 17.2 Å². The van der Waals surface area contributed by atoms with Gasteiger partial charge in [0.05, 0.1) is 26.9 Å². The topological polar surface area (TPSA) is 98.2 Å². The van der Waals surface area contributed by atoms with Gasteiger partial charge in [-0.1, -0.05) is 30.3 Å². The Labute approximate surface area is 190 Å². The second-order valence-corrected chi connectivity index (χ2v) is 7.17. The van der Waals surface area contributed by atoms with E-state index in [1.165, 1.54) is 32.4 Å². The van der Waals surface area contributed by atoms with Gasteiger partial charge in [-0.3, -0.25) is 14.5 Å². The zero-order valence-electron chi connectivity index (χ0n) is 18.3. The Bertz CT molecular complexity index is 1240. The zero-order valence-corrected chi connectivity index (χ0v) is 18.3. The molecule has 3 aromatic rings. The van der Waals surface area contributed by atoms with E-state index < -0.39 is 17.7 Å². The van der Waals surface area contributed by atoms with Crippen molar-refractivity contribution in [3.63, 3.8) is 0 Å². The Morgan fingerprint density at radius 1 is 0.939 bits per heavy atom. The molecule has 168 valence electrons. The number of aliphatic hydroxyl groups excluding tert-OH is 1. The fourth-order valence-electron chi connectivity index (χ4n) is 3.91. The van der Waals surface area contributed by atoms with Crippen LogP contribution in [-0.4, -0.2) is 43.1 Å². The summed E-state index contributed by atoms with van der Waals surface area (Å²) in [6.07, 6.45) is 1.52. The number of aliphatic hydroxyl groups is 1. The Kier molecular flexibility index (Phi) is 5.99. The number of para-hydroxylation sites is 1. The number of ether oxygens (including phenoxy) is 3. The van der Waals surface area contributed by atoms with Gasteiger partial charge in [0.2, 0.25) is 0 Å². The third kappa shape index (κ3) is 3.76. The number of amides is 1. The lowest BCUT2D eigenvalue weighted by atomic mass is 9.94. The molecule has 0 spiro atoms. The number of anilines is 1. The summed E-state index contributed by atoms with van der Waals surface area (Å²) < 4.78 is 16.2. The van der Waals surface area contributed by atoms with Crippen LogP contribution in [0.2, 0.25) is 0 Å². The van der Waals surface area contributed by atoms with E-state index in [0.29, 0.717) is 28.4 Å². The standard InChI is InChI=1S/C25H22N2O6/c1-31-16-9-6-8-15(14-16)22(28)20-21(17-10-7-11-18(32-2)24(17)33-3)27(25(30)23(20)29)19-12-4-5-13-26-19/h4-14,21,28H,1-3H3/b22-20+/t21-/m0/s1. The smallest absolute Gasteiger partial charge is 0.301 e. The predicted octanol–water partition coefficient (Wildman–Crippen LogP) is 3.73. The van der Waals surface area contributed by atoms with Crippen molar-refractivity contribution < 1.29 is 28.9 Å². The highest BCUT2D eigenvalue weighted by molar-refractivity contribution is 6.51. The molecule has 1 fully saturated rings. The molecule has 1 N–H and O–H groups in total. The van der Waals surface area contributed by atoms with E-state index >= 15 is 0 Å². The highest BCUT2D eigenvalue weighted by Gasteiger charge is 2.48. The van der Waals surface area contributed by atoms with Crippen LogP contribution in [0.3, 0.4) is 0 Å². The van der Waals surface area contributed by atoms with Crippen LogP contribution in [0.5, 0.6) is 17.2 Å². The summed E-state index contributed by atoms with van der Waals surface area (Å²) in [5.74, 6) is -0.468. The second kappa shape index (κ2) is 9.04. The van der Waals surface area contributed by atoms with Crippen molar-refractivity contribution in [2.75, 3.05) is 26.2 Å². The van der Waals surface area contributed by atoms with Crippen molar-refractivity contribution in [3.05, 3.63) is 83.6 Å². The van der Waals surface area contributed by atoms with Gasteiger partial charge in [0, 0.05) is 17.3 Å². The van der Waals surface area contributed by atoms with Crippen LogP contribution in [0.1, 0.15) is 17.2 Å². The summed E-state index contributed by atoms with van der Waals surface area (Å²) in [6.45, 7) is 0. The molecule has 1 saturated heterocycles. The summed E-state index contributed by atoms with van der Waals surface area (Å²) in [5.41, 5.74) is 0.705. The first kappa shape index (κ1) is 21.9. The number of carbonyl (C=O) groups is 2. The molecule has 1 aromatic heterocycles. The highest BCUT2D eigenvalue weighted by Crippen LogP contribution is 2.46. The first-order valence-electron chi connectivity index (χ1n) is 10.1. The summed E-state index contributed by atoms with van der Waals surface area (Å²) in [6, 6.07) is 15.8. The SMILES string of the molecule is COc1cccc(/C(O)=C2\C(=O)C(=O)N(c3ccccn3)[C@H]2c2cccc(OC)c2OC)c1. The molecule has 2 heterocycles. The average Bonchev–Trinajstić information content (AvgIpc) is 3.13.